The van der Waals surface area contributed by atoms with E-state index in [0.717, 1.165) is 0 Å². The topological polar surface area (TPSA) is 26.0 Å². The minimum Gasteiger partial charge on any atom is -0.398 e. The van der Waals surface area contributed by atoms with Gasteiger partial charge in [-0.25, -0.2) is 4.39 Å². The molecule has 0 atom stereocenters. The van der Waals surface area contributed by atoms with Gasteiger partial charge in [-0.1, -0.05) is 6.07 Å². The van der Waals surface area contributed by atoms with E-state index in [2.05, 4.69) is 15.9 Å². The van der Waals surface area contributed by atoms with E-state index in [1.807, 2.05) is 0 Å². The van der Waals surface area contributed by atoms with Crippen LogP contribution in [0.15, 0.2) is 22.7 Å². The molecule has 0 amide bonds. The van der Waals surface area contributed by atoms with E-state index in [4.69, 9.17) is 5.73 Å². The van der Waals surface area contributed by atoms with Crippen LogP contribution in [-0.2, 0) is 0 Å². The lowest BCUT2D eigenvalue weighted by Crippen LogP contribution is -1.87. The molecular formula is C6H6BrClFN. The minimum atomic E-state index is -0.324. The fourth-order valence-electron chi connectivity index (χ4n) is 0.520. The summed E-state index contributed by atoms with van der Waals surface area (Å²) >= 11 is 2.98. The zero-order valence-corrected chi connectivity index (χ0v) is 7.38. The maximum absolute atomic E-state index is 12.5. The highest BCUT2D eigenvalue weighted by molar-refractivity contribution is 9.10. The van der Waals surface area contributed by atoms with Crippen molar-refractivity contribution in [1.29, 1.82) is 0 Å². The molecule has 2 N–H and O–H groups in total. The van der Waals surface area contributed by atoms with Crippen molar-refractivity contribution in [2.45, 2.75) is 0 Å². The average molecular weight is 226 g/mol. The SMILES string of the molecule is Cl.Nc1cccc(F)c1Br. The molecule has 4 heteroatoms. The summed E-state index contributed by atoms with van der Waals surface area (Å²) in [6.45, 7) is 0. The average Bonchev–Trinajstić information content (AvgIpc) is 1.83. The number of nitrogens with two attached hydrogens (primary N) is 1. The van der Waals surface area contributed by atoms with Crippen molar-refractivity contribution in [2.75, 3.05) is 5.73 Å². The molecule has 0 aliphatic heterocycles. The van der Waals surface area contributed by atoms with Crippen LogP contribution < -0.4 is 5.73 Å². The highest BCUT2D eigenvalue weighted by atomic mass is 79.9. The Balaban J connectivity index is 0.000000810. The third-order valence-corrected chi connectivity index (χ3v) is 1.82. The van der Waals surface area contributed by atoms with Gasteiger partial charge in [-0.15, -0.1) is 12.4 Å². The first-order valence-electron chi connectivity index (χ1n) is 2.41. The van der Waals surface area contributed by atoms with Gasteiger partial charge >= 0.3 is 0 Å². The van der Waals surface area contributed by atoms with Crippen molar-refractivity contribution < 1.29 is 4.39 Å². The molecule has 0 aliphatic rings. The van der Waals surface area contributed by atoms with E-state index in [1.165, 1.54) is 6.07 Å². The monoisotopic (exact) mass is 225 g/mol. The summed E-state index contributed by atoms with van der Waals surface area (Å²) < 4.78 is 12.8. The zero-order chi connectivity index (χ0) is 6.85. The fourth-order valence-corrected chi connectivity index (χ4v) is 0.785. The first kappa shape index (κ1) is 9.72. The number of rotatable bonds is 0. The Hall–Kier alpha value is -0.280. The van der Waals surface area contributed by atoms with Gasteiger partial charge in [0.25, 0.3) is 0 Å². The highest BCUT2D eigenvalue weighted by Crippen LogP contribution is 2.21. The van der Waals surface area contributed by atoms with Crippen LogP contribution >= 0.6 is 28.3 Å². The van der Waals surface area contributed by atoms with Crippen molar-refractivity contribution in [3.05, 3.63) is 28.5 Å². The van der Waals surface area contributed by atoms with Gasteiger partial charge in [0.1, 0.15) is 5.82 Å². The lowest BCUT2D eigenvalue weighted by atomic mass is 10.3. The van der Waals surface area contributed by atoms with Crippen molar-refractivity contribution in [3.63, 3.8) is 0 Å². The van der Waals surface area contributed by atoms with Crippen LogP contribution in [0.5, 0.6) is 0 Å². The van der Waals surface area contributed by atoms with Crippen LogP contribution in [0.2, 0.25) is 0 Å². The van der Waals surface area contributed by atoms with E-state index in [-0.39, 0.29) is 18.2 Å². The molecule has 56 valence electrons. The Kier molecular flexibility index (Phi) is 3.68. The standard InChI is InChI=1S/C6H5BrFN.ClH/c7-6-4(8)2-1-3-5(6)9;/h1-3H,9H2;1H. The van der Waals surface area contributed by atoms with E-state index >= 15 is 0 Å². The smallest absolute Gasteiger partial charge is 0.139 e. The van der Waals surface area contributed by atoms with Crippen molar-refractivity contribution >= 4 is 34.0 Å². The Morgan fingerprint density at radius 2 is 2.00 bits per heavy atom. The van der Waals surface area contributed by atoms with Gasteiger partial charge in [-0.2, -0.15) is 0 Å². The fraction of sp³-hybridized carbons (Fsp3) is 0. The minimum absolute atomic E-state index is 0. The van der Waals surface area contributed by atoms with Gasteiger partial charge < -0.3 is 5.73 Å². The van der Waals surface area contributed by atoms with Crippen molar-refractivity contribution in [3.8, 4) is 0 Å². The molecular weight excluding hydrogens is 220 g/mol. The van der Waals surface area contributed by atoms with E-state index < -0.39 is 0 Å². The third-order valence-electron chi connectivity index (χ3n) is 0.981. The van der Waals surface area contributed by atoms with Gasteiger partial charge in [0.2, 0.25) is 0 Å². The maximum Gasteiger partial charge on any atom is 0.139 e. The third kappa shape index (κ3) is 1.85. The second-order valence-electron chi connectivity index (χ2n) is 1.64. The van der Waals surface area contributed by atoms with Gasteiger partial charge in [-0.3, -0.25) is 0 Å². The molecule has 1 aromatic carbocycles. The quantitative estimate of drug-likeness (QED) is 0.676. The van der Waals surface area contributed by atoms with Crippen LogP contribution in [-0.4, -0.2) is 0 Å². The molecule has 0 heterocycles. The van der Waals surface area contributed by atoms with E-state index in [9.17, 15) is 4.39 Å². The molecule has 1 aromatic rings. The number of halogens is 3. The van der Waals surface area contributed by atoms with E-state index in [1.54, 1.807) is 12.1 Å². The first-order chi connectivity index (χ1) is 4.22. The number of anilines is 1. The summed E-state index contributed by atoms with van der Waals surface area (Å²) in [6.07, 6.45) is 0. The Morgan fingerprint density at radius 3 is 2.40 bits per heavy atom. The first-order valence-corrected chi connectivity index (χ1v) is 3.20. The Bertz CT molecular complexity index is 209. The van der Waals surface area contributed by atoms with Crippen LogP contribution in [0, 0.1) is 5.82 Å². The molecule has 1 rings (SSSR count). The highest BCUT2D eigenvalue weighted by Gasteiger charge is 1.98. The zero-order valence-electron chi connectivity index (χ0n) is 4.97. The lowest BCUT2D eigenvalue weighted by Gasteiger charge is -1.95. The molecule has 0 unspecified atom stereocenters. The molecule has 0 saturated carbocycles. The molecule has 10 heavy (non-hydrogen) atoms. The molecule has 0 fully saturated rings. The molecule has 0 aromatic heterocycles. The van der Waals surface area contributed by atoms with Crippen LogP contribution in [0.4, 0.5) is 10.1 Å². The number of hydrogen-bond acceptors (Lipinski definition) is 1. The molecule has 1 nitrogen and oxygen atoms in total. The maximum atomic E-state index is 12.5. The molecule has 0 radical (unpaired) electrons. The Morgan fingerprint density at radius 1 is 1.40 bits per heavy atom. The normalized spacial score (nSPS) is 8.60. The molecule has 0 aliphatic carbocycles. The van der Waals surface area contributed by atoms with E-state index in [0.29, 0.717) is 10.2 Å². The lowest BCUT2D eigenvalue weighted by molar-refractivity contribution is 0.622. The summed E-state index contributed by atoms with van der Waals surface area (Å²) in [6, 6.07) is 4.54. The summed E-state index contributed by atoms with van der Waals surface area (Å²) in [5, 5.41) is 0. The summed E-state index contributed by atoms with van der Waals surface area (Å²) in [4.78, 5) is 0. The van der Waals surface area contributed by atoms with Crippen molar-refractivity contribution in [2.24, 2.45) is 0 Å². The Labute approximate surface area is 73.0 Å². The summed E-state index contributed by atoms with van der Waals surface area (Å²) in [5.74, 6) is -0.324. The largest absolute Gasteiger partial charge is 0.398 e. The van der Waals surface area contributed by atoms with Gasteiger partial charge in [0, 0.05) is 5.69 Å². The predicted molar refractivity (Wildman–Crippen MR) is 45.8 cm³/mol. The second-order valence-corrected chi connectivity index (χ2v) is 2.44. The summed E-state index contributed by atoms with van der Waals surface area (Å²) in [7, 11) is 0. The van der Waals surface area contributed by atoms with Gasteiger partial charge in [0.15, 0.2) is 0 Å². The van der Waals surface area contributed by atoms with Gasteiger partial charge in [-0.05, 0) is 28.1 Å². The number of hydrogen-bond donors (Lipinski definition) is 1. The molecule has 0 spiro atoms. The van der Waals surface area contributed by atoms with Crippen LogP contribution in [0.3, 0.4) is 0 Å². The molecule has 0 saturated heterocycles. The summed E-state index contributed by atoms with van der Waals surface area (Å²) in [5.41, 5.74) is 5.76. The number of nitrogen functional groups attached to an aromatic ring is 1. The predicted octanol–water partition coefficient (Wildman–Crippen LogP) is 2.59. The van der Waals surface area contributed by atoms with Gasteiger partial charge in [0.05, 0.1) is 4.47 Å². The second kappa shape index (κ2) is 3.78. The number of benzene rings is 1. The van der Waals surface area contributed by atoms with Crippen LogP contribution in [0.25, 0.3) is 0 Å². The molecule has 0 bridgehead atoms. The van der Waals surface area contributed by atoms with Crippen molar-refractivity contribution in [1.82, 2.24) is 0 Å². The van der Waals surface area contributed by atoms with Crippen LogP contribution in [0.1, 0.15) is 0 Å².